The van der Waals surface area contributed by atoms with Gasteiger partial charge in [0, 0.05) is 23.5 Å². The van der Waals surface area contributed by atoms with Crippen LogP contribution in [0, 0.1) is 5.82 Å². The van der Waals surface area contributed by atoms with Crippen LogP contribution in [0.1, 0.15) is 10.4 Å². The van der Waals surface area contributed by atoms with Gasteiger partial charge in [-0.05, 0) is 24.3 Å². The number of pyridine rings is 1. The van der Waals surface area contributed by atoms with Gasteiger partial charge in [-0.3, -0.25) is 4.79 Å². The van der Waals surface area contributed by atoms with E-state index in [1.165, 1.54) is 30.5 Å². The summed E-state index contributed by atoms with van der Waals surface area (Å²) in [7, 11) is 0. The molecule has 1 heterocycles. The Hall–Kier alpha value is -2.43. The van der Waals surface area contributed by atoms with E-state index in [0.29, 0.717) is 11.5 Å². The highest BCUT2D eigenvalue weighted by Gasteiger charge is 2.07. The van der Waals surface area contributed by atoms with Gasteiger partial charge in [0.2, 0.25) is 0 Å². The molecule has 3 N–H and O–H groups in total. The lowest BCUT2D eigenvalue weighted by molar-refractivity contribution is 0.102. The molecule has 1 amide bonds. The number of aromatic nitrogens is 1. The van der Waals surface area contributed by atoms with E-state index in [1.807, 2.05) is 0 Å². The summed E-state index contributed by atoms with van der Waals surface area (Å²) >= 11 is 0. The Labute approximate surface area is 97.3 Å². The summed E-state index contributed by atoms with van der Waals surface area (Å²) < 4.78 is 12.9. The number of rotatable bonds is 2. The Kier molecular flexibility index (Phi) is 3.00. The number of halogens is 1. The normalized spacial score (nSPS) is 9.94. The average Bonchev–Trinajstić information content (AvgIpc) is 2.29. The number of carbonyl (C=O) groups is 1. The van der Waals surface area contributed by atoms with E-state index in [1.54, 1.807) is 6.07 Å². The summed E-state index contributed by atoms with van der Waals surface area (Å²) in [5.74, 6) is -0.556. The molecule has 0 spiro atoms. The van der Waals surface area contributed by atoms with Crippen LogP contribution in [0.2, 0.25) is 0 Å². The second-order valence-electron chi connectivity index (χ2n) is 3.44. The summed E-state index contributed by atoms with van der Waals surface area (Å²) in [5.41, 5.74) is 6.27. The van der Waals surface area contributed by atoms with Gasteiger partial charge >= 0.3 is 0 Å². The van der Waals surface area contributed by atoms with Crippen LogP contribution in [-0.2, 0) is 0 Å². The molecular formula is C12H10FN3O. The number of nitrogen functional groups attached to an aromatic ring is 1. The van der Waals surface area contributed by atoms with Crippen molar-refractivity contribution in [2.24, 2.45) is 0 Å². The van der Waals surface area contributed by atoms with Crippen LogP contribution in [0.25, 0.3) is 0 Å². The van der Waals surface area contributed by atoms with E-state index in [-0.39, 0.29) is 5.56 Å². The molecule has 2 rings (SSSR count). The molecule has 0 bridgehead atoms. The third-order valence-corrected chi connectivity index (χ3v) is 2.11. The van der Waals surface area contributed by atoms with E-state index in [2.05, 4.69) is 10.3 Å². The zero-order valence-corrected chi connectivity index (χ0v) is 8.85. The second-order valence-corrected chi connectivity index (χ2v) is 3.44. The minimum atomic E-state index is -0.460. The minimum absolute atomic E-state index is 0.231. The highest BCUT2D eigenvalue weighted by Crippen LogP contribution is 2.10. The van der Waals surface area contributed by atoms with Gasteiger partial charge in [-0.2, -0.15) is 0 Å². The van der Waals surface area contributed by atoms with E-state index in [9.17, 15) is 9.18 Å². The fraction of sp³-hybridized carbons (Fsp3) is 0. The average molecular weight is 231 g/mol. The molecule has 0 saturated carbocycles. The fourth-order valence-electron chi connectivity index (χ4n) is 1.33. The van der Waals surface area contributed by atoms with Gasteiger partial charge in [0.25, 0.3) is 5.91 Å². The number of amides is 1. The number of benzene rings is 1. The van der Waals surface area contributed by atoms with Crippen molar-refractivity contribution < 1.29 is 9.18 Å². The van der Waals surface area contributed by atoms with Crippen LogP contribution in [-0.4, -0.2) is 10.9 Å². The van der Waals surface area contributed by atoms with Crippen molar-refractivity contribution in [2.45, 2.75) is 0 Å². The van der Waals surface area contributed by atoms with Crippen LogP contribution in [0.4, 0.5) is 15.9 Å². The summed E-state index contributed by atoms with van der Waals surface area (Å²) in [4.78, 5) is 15.6. The maximum absolute atomic E-state index is 12.9. The van der Waals surface area contributed by atoms with E-state index in [4.69, 9.17) is 5.73 Å². The zero-order valence-electron chi connectivity index (χ0n) is 8.85. The van der Waals surface area contributed by atoms with Gasteiger partial charge < -0.3 is 11.1 Å². The molecule has 0 radical (unpaired) electrons. The van der Waals surface area contributed by atoms with Crippen molar-refractivity contribution >= 4 is 17.4 Å². The Balaban J connectivity index is 2.17. The molecule has 86 valence electrons. The van der Waals surface area contributed by atoms with Gasteiger partial charge in [-0.25, -0.2) is 9.37 Å². The highest BCUT2D eigenvalue weighted by atomic mass is 19.1. The molecule has 0 fully saturated rings. The number of anilines is 2. The summed E-state index contributed by atoms with van der Waals surface area (Å²) in [6.07, 6.45) is 1.48. The molecule has 1 aromatic carbocycles. The van der Waals surface area contributed by atoms with Crippen LogP contribution in [0.3, 0.4) is 0 Å². The van der Waals surface area contributed by atoms with Gasteiger partial charge in [-0.1, -0.05) is 6.07 Å². The lowest BCUT2D eigenvalue weighted by Crippen LogP contribution is -2.13. The van der Waals surface area contributed by atoms with Crippen molar-refractivity contribution in [1.29, 1.82) is 0 Å². The molecule has 0 atom stereocenters. The molecule has 1 aromatic heterocycles. The maximum Gasteiger partial charge on any atom is 0.256 e. The molecule has 4 nitrogen and oxygen atoms in total. The Morgan fingerprint density at radius 2 is 2.12 bits per heavy atom. The molecule has 17 heavy (non-hydrogen) atoms. The number of hydrogen-bond acceptors (Lipinski definition) is 3. The van der Waals surface area contributed by atoms with Crippen molar-refractivity contribution in [1.82, 2.24) is 4.98 Å². The van der Waals surface area contributed by atoms with Crippen LogP contribution in [0.15, 0.2) is 42.6 Å². The molecule has 0 aliphatic carbocycles. The third kappa shape index (κ3) is 2.78. The second kappa shape index (κ2) is 4.61. The van der Waals surface area contributed by atoms with Crippen molar-refractivity contribution in [3.05, 3.63) is 54.0 Å². The molecular weight excluding hydrogens is 221 g/mol. The fourth-order valence-corrected chi connectivity index (χ4v) is 1.33. The van der Waals surface area contributed by atoms with Crippen molar-refractivity contribution in [2.75, 3.05) is 11.1 Å². The van der Waals surface area contributed by atoms with Gasteiger partial charge in [0.15, 0.2) is 0 Å². The third-order valence-electron chi connectivity index (χ3n) is 2.11. The molecule has 5 heteroatoms. The van der Waals surface area contributed by atoms with E-state index >= 15 is 0 Å². The summed E-state index contributed by atoms with van der Waals surface area (Å²) in [6.45, 7) is 0. The van der Waals surface area contributed by atoms with Crippen LogP contribution in [0.5, 0.6) is 0 Å². The number of nitrogens with two attached hydrogens (primary N) is 1. The summed E-state index contributed by atoms with van der Waals surface area (Å²) in [6, 6.07) is 8.55. The standard InChI is InChI=1S/C12H10FN3O/c13-9-3-1-2-8(6-9)12(17)16-11-7-10(14)4-5-15-11/h1-7H,(H3,14,15,16,17). The van der Waals surface area contributed by atoms with Crippen LogP contribution >= 0.6 is 0 Å². The number of carbonyl (C=O) groups excluding carboxylic acids is 1. The Bertz CT molecular complexity index is 557. The number of hydrogen-bond donors (Lipinski definition) is 2. The lowest BCUT2D eigenvalue weighted by Gasteiger charge is -2.04. The highest BCUT2D eigenvalue weighted by molar-refractivity contribution is 6.03. The zero-order chi connectivity index (χ0) is 12.3. The minimum Gasteiger partial charge on any atom is -0.399 e. The van der Waals surface area contributed by atoms with Gasteiger partial charge in [0.05, 0.1) is 0 Å². The smallest absolute Gasteiger partial charge is 0.256 e. The SMILES string of the molecule is Nc1ccnc(NC(=O)c2cccc(F)c2)c1. The predicted octanol–water partition coefficient (Wildman–Crippen LogP) is 2.06. The Morgan fingerprint density at radius 1 is 1.29 bits per heavy atom. The molecule has 0 unspecified atom stereocenters. The number of nitrogens with one attached hydrogen (secondary N) is 1. The topological polar surface area (TPSA) is 68.0 Å². The lowest BCUT2D eigenvalue weighted by atomic mass is 10.2. The van der Waals surface area contributed by atoms with Gasteiger partial charge in [-0.15, -0.1) is 0 Å². The van der Waals surface area contributed by atoms with Crippen molar-refractivity contribution in [3.63, 3.8) is 0 Å². The number of nitrogens with zero attached hydrogens (tertiary/aromatic N) is 1. The van der Waals surface area contributed by atoms with E-state index in [0.717, 1.165) is 6.07 Å². The molecule has 2 aromatic rings. The van der Waals surface area contributed by atoms with Crippen LogP contribution < -0.4 is 11.1 Å². The maximum atomic E-state index is 12.9. The molecule has 0 saturated heterocycles. The Morgan fingerprint density at radius 3 is 2.82 bits per heavy atom. The summed E-state index contributed by atoms with van der Waals surface area (Å²) in [5, 5.41) is 2.53. The predicted molar refractivity (Wildman–Crippen MR) is 63.0 cm³/mol. The first-order chi connectivity index (χ1) is 8.15. The first-order valence-electron chi connectivity index (χ1n) is 4.93. The largest absolute Gasteiger partial charge is 0.399 e. The first-order valence-corrected chi connectivity index (χ1v) is 4.93. The van der Waals surface area contributed by atoms with Gasteiger partial charge in [0.1, 0.15) is 11.6 Å². The molecule has 0 aliphatic rings. The monoisotopic (exact) mass is 231 g/mol. The van der Waals surface area contributed by atoms with Crippen molar-refractivity contribution in [3.8, 4) is 0 Å². The molecule has 0 aliphatic heterocycles. The first kappa shape index (κ1) is 11.1. The quantitative estimate of drug-likeness (QED) is 0.831. The van der Waals surface area contributed by atoms with E-state index < -0.39 is 11.7 Å².